The minimum atomic E-state index is -1.00. The van der Waals surface area contributed by atoms with Crippen LogP contribution in [-0.2, 0) is 17.1 Å². The van der Waals surface area contributed by atoms with Crippen molar-refractivity contribution in [1.29, 1.82) is 0 Å². The summed E-state index contributed by atoms with van der Waals surface area (Å²) in [5.74, 6) is -2.00. The third-order valence-electron chi connectivity index (χ3n) is 2.51. The van der Waals surface area contributed by atoms with Crippen molar-refractivity contribution in [1.82, 2.24) is 0 Å². The summed E-state index contributed by atoms with van der Waals surface area (Å²) in [6, 6.07) is 11.9. The number of carboxylic acid groups (broad SMARTS) is 2. The summed E-state index contributed by atoms with van der Waals surface area (Å²) in [6.45, 7) is 0. The number of aromatic carboxylic acids is 2. The molecule has 0 aromatic heterocycles. The van der Waals surface area contributed by atoms with Crippen LogP contribution in [0.5, 0.6) is 0 Å². The van der Waals surface area contributed by atoms with E-state index in [0.717, 1.165) is 0 Å². The Morgan fingerprint density at radius 3 is 1.19 bits per heavy atom. The smallest absolute Gasteiger partial charge is 0.335 e. The van der Waals surface area contributed by atoms with E-state index in [1.54, 1.807) is 24.3 Å². The number of benzene rings is 2. The molecule has 0 saturated heterocycles. The molecule has 2 aromatic rings. The van der Waals surface area contributed by atoms with E-state index in [0.29, 0.717) is 11.4 Å². The van der Waals surface area contributed by atoms with E-state index in [2.05, 4.69) is 10.2 Å². The van der Waals surface area contributed by atoms with E-state index in [1.165, 1.54) is 24.3 Å². The standard InChI is InChI=1S/C14H10N2O4.Cu/c17-13(18)9-1-5-11(6-2-9)15-16-12-7-3-10(4-8-12)14(19)20;/h1-8H,(H,17,18)(H,19,20);/b16-15+;. The summed E-state index contributed by atoms with van der Waals surface area (Å²) >= 11 is 0. The van der Waals surface area contributed by atoms with Crippen LogP contribution in [0, 0.1) is 0 Å². The van der Waals surface area contributed by atoms with Crippen LogP contribution in [0.25, 0.3) is 0 Å². The zero-order valence-electron chi connectivity index (χ0n) is 10.5. The molecule has 21 heavy (non-hydrogen) atoms. The summed E-state index contributed by atoms with van der Waals surface area (Å²) in [6.07, 6.45) is 0. The molecule has 0 saturated carbocycles. The predicted octanol–water partition coefficient (Wildman–Crippen LogP) is 3.50. The van der Waals surface area contributed by atoms with Crippen molar-refractivity contribution >= 4 is 23.3 Å². The molecule has 6 nitrogen and oxygen atoms in total. The van der Waals surface area contributed by atoms with E-state index in [1.807, 2.05) is 0 Å². The maximum atomic E-state index is 10.7. The number of hydrogen-bond donors (Lipinski definition) is 2. The van der Waals surface area contributed by atoms with Gasteiger partial charge in [0.1, 0.15) is 0 Å². The van der Waals surface area contributed by atoms with Gasteiger partial charge in [0.25, 0.3) is 0 Å². The second-order valence-electron chi connectivity index (χ2n) is 3.90. The van der Waals surface area contributed by atoms with Crippen LogP contribution >= 0.6 is 0 Å². The topological polar surface area (TPSA) is 99.3 Å². The number of carboxylic acids is 2. The largest absolute Gasteiger partial charge is 0.478 e. The van der Waals surface area contributed by atoms with E-state index >= 15 is 0 Å². The Labute approximate surface area is 130 Å². The van der Waals surface area contributed by atoms with Gasteiger partial charge in [0.05, 0.1) is 22.5 Å². The van der Waals surface area contributed by atoms with Crippen LogP contribution in [0.1, 0.15) is 20.7 Å². The monoisotopic (exact) mass is 333 g/mol. The fraction of sp³-hybridized carbons (Fsp3) is 0. The van der Waals surface area contributed by atoms with Crippen molar-refractivity contribution in [3.8, 4) is 0 Å². The van der Waals surface area contributed by atoms with Gasteiger partial charge in [-0.2, -0.15) is 10.2 Å². The number of azo groups is 1. The number of hydrogen-bond acceptors (Lipinski definition) is 4. The van der Waals surface area contributed by atoms with E-state index in [9.17, 15) is 9.59 Å². The van der Waals surface area contributed by atoms with Gasteiger partial charge < -0.3 is 10.2 Å². The summed E-state index contributed by atoms with van der Waals surface area (Å²) in [4.78, 5) is 21.4. The van der Waals surface area contributed by atoms with Crippen molar-refractivity contribution in [2.24, 2.45) is 10.2 Å². The quantitative estimate of drug-likeness (QED) is 0.660. The van der Waals surface area contributed by atoms with Gasteiger partial charge in [0, 0.05) is 17.1 Å². The van der Waals surface area contributed by atoms with Gasteiger partial charge in [-0.25, -0.2) is 9.59 Å². The Hall–Kier alpha value is -2.50. The molecule has 0 spiro atoms. The Balaban J connectivity index is 0.00000220. The van der Waals surface area contributed by atoms with Gasteiger partial charge in [-0.3, -0.25) is 0 Å². The van der Waals surface area contributed by atoms with Crippen molar-refractivity contribution < 1.29 is 36.9 Å². The fourth-order valence-corrected chi connectivity index (χ4v) is 1.46. The van der Waals surface area contributed by atoms with Crippen LogP contribution in [0.15, 0.2) is 58.8 Å². The molecule has 0 heterocycles. The third-order valence-corrected chi connectivity index (χ3v) is 2.51. The number of nitrogens with zero attached hydrogens (tertiary/aromatic N) is 2. The molecule has 0 aliphatic rings. The van der Waals surface area contributed by atoms with Crippen molar-refractivity contribution in [3.05, 3.63) is 59.7 Å². The Morgan fingerprint density at radius 2 is 0.952 bits per heavy atom. The zero-order valence-corrected chi connectivity index (χ0v) is 11.5. The van der Waals surface area contributed by atoms with Crippen LogP contribution in [0.4, 0.5) is 11.4 Å². The van der Waals surface area contributed by atoms with E-state index in [4.69, 9.17) is 10.2 Å². The number of carbonyl (C=O) groups is 2. The van der Waals surface area contributed by atoms with Crippen LogP contribution in [-0.4, -0.2) is 22.2 Å². The van der Waals surface area contributed by atoms with Crippen LogP contribution in [0.3, 0.4) is 0 Å². The molecule has 2 N–H and O–H groups in total. The first kappa shape index (κ1) is 16.6. The maximum Gasteiger partial charge on any atom is 0.335 e. The van der Waals surface area contributed by atoms with Crippen LogP contribution in [0.2, 0.25) is 0 Å². The zero-order chi connectivity index (χ0) is 14.5. The van der Waals surface area contributed by atoms with Gasteiger partial charge in [-0.05, 0) is 48.5 Å². The minimum Gasteiger partial charge on any atom is -0.478 e. The Kier molecular flexibility index (Phi) is 5.78. The van der Waals surface area contributed by atoms with Gasteiger partial charge in [-0.15, -0.1) is 0 Å². The average molecular weight is 334 g/mol. The second kappa shape index (κ2) is 7.33. The third kappa shape index (κ3) is 4.52. The van der Waals surface area contributed by atoms with Gasteiger partial charge >= 0.3 is 11.9 Å². The first-order valence-corrected chi connectivity index (χ1v) is 5.65. The Bertz CT molecular complexity index is 607. The minimum absolute atomic E-state index is 0. The average Bonchev–Trinajstić information content (AvgIpc) is 2.46. The normalized spacial score (nSPS) is 10.1. The molecular formula is C14H10CuN2O4. The molecule has 0 amide bonds. The first-order valence-electron chi connectivity index (χ1n) is 5.65. The van der Waals surface area contributed by atoms with Gasteiger partial charge in [-0.1, -0.05) is 0 Å². The maximum absolute atomic E-state index is 10.7. The molecule has 0 aliphatic heterocycles. The fourth-order valence-electron chi connectivity index (χ4n) is 1.46. The summed E-state index contributed by atoms with van der Waals surface area (Å²) in [7, 11) is 0. The molecule has 0 unspecified atom stereocenters. The molecule has 0 fully saturated rings. The second-order valence-corrected chi connectivity index (χ2v) is 3.90. The molecule has 0 aliphatic carbocycles. The van der Waals surface area contributed by atoms with Crippen molar-refractivity contribution in [3.63, 3.8) is 0 Å². The SMILES string of the molecule is O=C(O)c1ccc(/N=N/c2ccc(C(=O)O)cc2)cc1.[Cu]. The molecule has 0 atom stereocenters. The van der Waals surface area contributed by atoms with Gasteiger partial charge in [0.2, 0.25) is 0 Å². The summed E-state index contributed by atoms with van der Waals surface area (Å²) < 4.78 is 0. The molecule has 2 rings (SSSR count). The summed E-state index contributed by atoms with van der Waals surface area (Å²) in [5, 5.41) is 25.4. The van der Waals surface area contributed by atoms with Crippen molar-refractivity contribution in [2.75, 3.05) is 0 Å². The van der Waals surface area contributed by atoms with Crippen LogP contribution < -0.4 is 0 Å². The molecule has 2 aromatic carbocycles. The molecule has 111 valence electrons. The predicted molar refractivity (Wildman–Crippen MR) is 71.0 cm³/mol. The molecular weight excluding hydrogens is 324 g/mol. The molecule has 7 heteroatoms. The molecule has 0 bridgehead atoms. The van der Waals surface area contributed by atoms with E-state index in [-0.39, 0.29) is 28.2 Å². The Morgan fingerprint density at radius 1 is 0.667 bits per heavy atom. The van der Waals surface area contributed by atoms with Crippen molar-refractivity contribution in [2.45, 2.75) is 0 Å². The number of rotatable bonds is 4. The van der Waals surface area contributed by atoms with E-state index < -0.39 is 11.9 Å². The van der Waals surface area contributed by atoms with Gasteiger partial charge in [0.15, 0.2) is 0 Å². The molecule has 1 radical (unpaired) electrons. The summed E-state index contributed by atoms with van der Waals surface area (Å²) in [5.41, 5.74) is 1.37. The first-order chi connectivity index (χ1) is 9.56.